The molecule has 0 aromatic heterocycles. The van der Waals surface area contributed by atoms with Crippen LogP contribution in [0.1, 0.15) is 58.3 Å². The van der Waals surface area contributed by atoms with Crippen LogP contribution in [0.5, 0.6) is 0 Å². The maximum absolute atomic E-state index is 5.80. The Morgan fingerprint density at radius 3 is 2.78 bits per heavy atom. The van der Waals surface area contributed by atoms with Crippen molar-refractivity contribution in [3.8, 4) is 0 Å². The molecule has 2 heteroatoms. The monoisotopic (exact) mass is 251 g/mol. The van der Waals surface area contributed by atoms with Gasteiger partial charge in [-0.1, -0.05) is 6.92 Å². The van der Waals surface area contributed by atoms with Crippen molar-refractivity contribution in [2.24, 2.45) is 17.3 Å². The highest BCUT2D eigenvalue weighted by atomic mass is 16.5. The highest BCUT2D eigenvalue weighted by Crippen LogP contribution is 2.61. The van der Waals surface area contributed by atoms with Gasteiger partial charge in [0.15, 0.2) is 0 Å². The molecule has 3 atom stereocenters. The lowest BCUT2D eigenvalue weighted by Gasteiger charge is -2.32. The average molecular weight is 251 g/mol. The lowest BCUT2D eigenvalue weighted by atomic mass is 9.77. The molecule has 3 fully saturated rings. The number of hydrogen-bond acceptors (Lipinski definition) is 2. The molecule has 1 heterocycles. The van der Waals surface area contributed by atoms with Gasteiger partial charge in [-0.05, 0) is 75.2 Å². The molecular formula is C16H29NO. The summed E-state index contributed by atoms with van der Waals surface area (Å²) < 4.78 is 5.80. The van der Waals surface area contributed by atoms with Crippen molar-refractivity contribution in [2.45, 2.75) is 64.4 Å². The van der Waals surface area contributed by atoms with Gasteiger partial charge in [-0.25, -0.2) is 0 Å². The second-order valence-electron chi connectivity index (χ2n) is 7.01. The molecule has 0 bridgehead atoms. The van der Waals surface area contributed by atoms with Crippen molar-refractivity contribution in [3.63, 3.8) is 0 Å². The maximum Gasteiger partial charge on any atom is 0.0576 e. The first-order valence-electron chi connectivity index (χ1n) is 8.14. The van der Waals surface area contributed by atoms with E-state index in [1.807, 2.05) is 0 Å². The highest BCUT2D eigenvalue weighted by Gasteiger charge is 2.53. The molecule has 2 saturated carbocycles. The molecule has 104 valence electrons. The molecule has 0 aromatic carbocycles. The van der Waals surface area contributed by atoms with Gasteiger partial charge in [0.2, 0.25) is 0 Å². The third kappa shape index (κ3) is 2.91. The average Bonchev–Trinajstić information content (AvgIpc) is 2.84. The highest BCUT2D eigenvalue weighted by molar-refractivity contribution is 5.04. The number of ether oxygens (including phenoxy) is 1. The molecule has 0 aromatic rings. The quantitative estimate of drug-likeness (QED) is 0.701. The van der Waals surface area contributed by atoms with E-state index in [0.29, 0.717) is 11.5 Å². The van der Waals surface area contributed by atoms with Crippen molar-refractivity contribution in [2.75, 3.05) is 19.7 Å². The SMILES string of the molecule is CCCNCC1(CCC2CCCO2)CC2CC2C1. The van der Waals surface area contributed by atoms with Crippen LogP contribution < -0.4 is 5.32 Å². The second kappa shape index (κ2) is 5.50. The van der Waals surface area contributed by atoms with Gasteiger partial charge in [0.1, 0.15) is 0 Å². The summed E-state index contributed by atoms with van der Waals surface area (Å²) >= 11 is 0. The van der Waals surface area contributed by atoms with E-state index in [1.54, 1.807) is 0 Å². The first-order valence-corrected chi connectivity index (χ1v) is 8.14. The van der Waals surface area contributed by atoms with Gasteiger partial charge in [-0.15, -0.1) is 0 Å². The van der Waals surface area contributed by atoms with Crippen molar-refractivity contribution in [1.82, 2.24) is 5.32 Å². The number of rotatable bonds is 7. The Labute approximate surface area is 112 Å². The molecule has 0 amide bonds. The summed E-state index contributed by atoms with van der Waals surface area (Å²) in [5.41, 5.74) is 0.634. The molecule has 0 radical (unpaired) electrons. The van der Waals surface area contributed by atoms with E-state index in [0.717, 1.165) is 18.4 Å². The Bertz CT molecular complexity index is 262. The summed E-state index contributed by atoms with van der Waals surface area (Å²) in [5, 5.41) is 3.69. The Balaban J connectivity index is 1.48. The van der Waals surface area contributed by atoms with Crippen LogP contribution in [-0.4, -0.2) is 25.8 Å². The van der Waals surface area contributed by atoms with E-state index in [4.69, 9.17) is 4.74 Å². The molecule has 3 rings (SSSR count). The first-order chi connectivity index (χ1) is 8.81. The van der Waals surface area contributed by atoms with Crippen LogP contribution in [0.4, 0.5) is 0 Å². The van der Waals surface area contributed by atoms with E-state index in [-0.39, 0.29) is 0 Å². The minimum atomic E-state index is 0.588. The number of nitrogens with one attached hydrogen (secondary N) is 1. The minimum Gasteiger partial charge on any atom is -0.378 e. The Morgan fingerprint density at radius 1 is 1.28 bits per heavy atom. The fraction of sp³-hybridized carbons (Fsp3) is 1.00. The molecule has 3 aliphatic rings. The Hall–Kier alpha value is -0.0800. The van der Waals surface area contributed by atoms with Gasteiger partial charge in [-0.2, -0.15) is 0 Å². The smallest absolute Gasteiger partial charge is 0.0576 e. The molecule has 1 N–H and O–H groups in total. The molecule has 18 heavy (non-hydrogen) atoms. The Kier molecular flexibility index (Phi) is 3.95. The van der Waals surface area contributed by atoms with E-state index in [1.165, 1.54) is 64.5 Å². The standard InChI is InChI=1S/C16H29NO/c1-2-7-17-12-16(10-13-9-14(13)11-16)6-5-15-4-3-8-18-15/h13-15,17H,2-12H2,1H3. The maximum atomic E-state index is 5.80. The second-order valence-corrected chi connectivity index (χ2v) is 7.01. The number of hydrogen-bond donors (Lipinski definition) is 1. The molecule has 1 aliphatic heterocycles. The fourth-order valence-electron chi connectivity index (χ4n) is 4.31. The van der Waals surface area contributed by atoms with Crippen LogP contribution >= 0.6 is 0 Å². The Morgan fingerprint density at radius 2 is 2.11 bits per heavy atom. The first kappa shape index (κ1) is 12.9. The normalized spacial score (nSPS) is 42.2. The van der Waals surface area contributed by atoms with E-state index in [9.17, 15) is 0 Å². The largest absolute Gasteiger partial charge is 0.378 e. The van der Waals surface area contributed by atoms with Gasteiger partial charge in [0.05, 0.1) is 6.10 Å². The summed E-state index contributed by atoms with van der Waals surface area (Å²) in [7, 11) is 0. The van der Waals surface area contributed by atoms with Gasteiger partial charge in [-0.3, -0.25) is 0 Å². The van der Waals surface area contributed by atoms with Gasteiger partial charge >= 0.3 is 0 Å². The summed E-state index contributed by atoms with van der Waals surface area (Å²) in [5.74, 6) is 2.19. The zero-order valence-electron chi connectivity index (χ0n) is 11.9. The van der Waals surface area contributed by atoms with Gasteiger partial charge in [0.25, 0.3) is 0 Å². The zero-order valence-corrected chi connectivity index (χ0v) is 11.9. The molecule has 2 aliphatic carbocycles. The summed E-state index contributed by atoms with van der Waals surface area (Å²) in [6.45, 7) is 5.73. The topological polar surface area (TPSA) is 21.3 Å². The molecular weight excluding hydrogens is 222 g/mol. The van der Waals surface area contributed by atoms with Gasteiger partial charge < -0.3 is 10.1 Å². The van der Waals surface area contributed by atoms with Crippen LogP contribution in [0.15, 0.2) is 0 Å². The van der Waals surface area contributed by atoms with Crippen molar-refractivity contribution in [1.29, 1.82) is 0 Å². The molecule has 0 spiro atoms. The van der Waals surface area contributed by atoms with Crippen LogP contribution in [0.2, 0.25) is 0 Å². The summed E-state index contributed by atoms with van der Waals surface area (Å²) in [6, 6.07) is 0. The fourth-order valence-corrected chi connectivity index (χ4v) is 4.31. The zero-order chi connectivity index (χ0) is 12.4. The minimum absolute atomic E-state index is 0.588. The summed E-state index contributed by atoms with van der Waals surface area (Å²) in [4.78, 5) is 0. The van der Waals surface area contributed by atoms with Crippen molar-refractivity contribution >= 4 is 0 Å². The lowest BCUT2D eigenvalue weighted by Crippen LogP contribution is -2.34. The molecule has 1 saturated heterocycles. The van der Waals surface area contributed by atoms with E-state index < -0.39 is 0 Å². The van der Waals surface area contributed by atoms with Crippen molar-refractivity contribution in [3.05, 3.63) is 0 Å². The molecule has 3 unspecified atom stereocenters. The van der Waals surface area contributed by atoms with E-state index in [2.05, 4.69) is 12.2 Å². The third-order valence-corrected chi connectivity index (χ3v) is 5.41. The third-order valence-electron chi connectivity index (χ3n) is 5.41. The predicted octanol–water partition coefficient (Wildman–Crippen LogP) is 3.36. The van der Waals surface area contributed by atoms with Crippen molar-refractivity contribution < 1.29 is 4.74 Å². The van der Waals surface area contributed by atoms with Crippen LogP contribution in [0.3, 0.4) is 0 Å². The summed E-state index contributed by atoms with van der Waals surface area (Å²) in [6.07, 6.45) is 11.7. The predicted molar refractivity (Wildman–Crippen MR) is 74.6 cm³/mol. The van der Waals surface area contributed by atoms with Crippen LogP contribution in [0, 0.1) is 17.3 Å². The molecule has 2 nitrogen and oxygen atoms in total. The lowest BCUT2D eigenvalue weighted by molar-refractivity contribution is 0.0850. The number of fused-ring (bicyclic) bond motifs is 1. The van der Waals surface area contributed by atoms with E-state index >= 15 is 0 Å². The van der Waals surface area contributed by atoms with Crippen LogP contribution in [-0.2, 0) is 4.74 Å². The van der Waals surface area contributed by atoms with Gasteiger partial charge in [0, 0.05) is 13.2 Å². The van der Waals surface area contributed by atoms with Crippen LogP contribution in [0.25, 0.3) is 0 Å².